The predicted molar refractivity (Wildman–Crippen MR) is 54.0 cm³/mol. The molecule has 0 bridgehead atoms. The molecular formula is C9H18N2O6-2. The quantitative estimate of drug-likeness (QED) is 0.326. The van der Waals surface area contributed by atoms with Crippen molar-refractivity contribution in [2.45, 2.75) is 31.5 Å². The van der Waals surface area contributed by atoms with Crippen LogP contribution in [0.4, 0.5) is 0 Å². The number of aliphatic hydroxyl groups is 2. The molecule has 2 atom stereocenters. The maximum atomic E-state index is 9.63. The second kappa shape index (κ2) is 11.3. The topological polar surface area (TPSA) is 173 Å². The fourth-order valence-corrected chi connectivity index (χ4v) is 0.723. The second-order valence-corrected chi connectivity index (χ2v) is 3.17. The molecule has 0 aliphatic heterocycles. The van der Waals surface area contributed by atoms with E-state index in [1.165, 1.54) is 6.42 Å². The van der Waals surface area contributed by atoms with Gasteiger partial charge in [-0.1, -0.05) is 6.42 Å². The molecule has 8 nitrogen and oxygen atoms in total. The molecule has 0 aromatic rings. The third-order valence-electron chi connectivity index (χ3n) is 1.69. The minimum atomic E-state index is -2.44. The lowest BCUT2D eigenvalue weighted by Gasteiger charge is -2.18. The van der Waals surface area contributed by atoms with Crippen LogP contribution in [-0.2, 0) is 9.59 Å². The Kier molecular flexibility index (Phi) is 12.0. The number of nitrogens with two attached hydrogens (primary N) is 2. The maximum absolute atomic E-state index is 9.63. The normalized spacial score (nSPS) is 13.2. The van der Waals surface area contributed by atoms with Crippen LogP contribution in [0.15, 0.2) is 0 Å². The highest BCUT2D eigenvalue weighted by molar-refractivity contribution is 5.80. The van der Waals surface area contributed by atoms with Gasteiger partial charge in [-0.3, -0.25) is 0 Å². The third-order valence-corrected chi connectivity index (χ3v) is 1.69. The Morgan fingerprint density at radius 3 is 1.35 bits per heavy atom. The summed E-state index contributed by atoms with van der Waals surface area (Å²) in [6, 6.07) is 0. The van der Waals surface area contributed by atoms with E-state index in [0.29, 0.717) is 0 Å². The van der Waals surface area contributed by atoms with Gasteiger partial charge in [0.25, 0.3) is 0 Å². The Balaban J connectivity index is 0. The van der Waals surface area contributed by atoms with Crippen molar-refractivity contribution in [3.8, 4) is 0 Å². The van der Waals surface area contributed by atoms with Gasteiger partial charge in [-0.2, -0.15) is 0 Å². The SMILES string of the molecule is NCCCCCN.O=C([O-])C(O)C(O)C(=O)[O-]. The van der Waals surface area contributed by atoms with Gasteiger partial charge in [0.1, 0.15) is 12.2 Å². The molecule has 0 aromatic heterocycles. The summed E-state index contributed by atoms with van der Waals surface area (Å²) in [4.78, 5) is 19.3. The predicted octanol–water partition coefficient (Wildman–Crippen LogP) is -4.72. The summed E-state index contributed by atoms with van der Waals surface area (Å²) in [5.74, 6) is -4.12. The van der Waals surface area contributed by atoms with Gasteiger partial charge < -0.3 is 41.5 Å². The molecule has 17 heavy (non-hydrogen) atoms. The van der Waals surface area contributed by atoms with Crippen molar-refractivity contribution in [1.82, 2.24) is 0 Å². The van der Waals surface area contributed by atoms with Crippen LogP contribution >= 0.6 is 0 Å². The first kappa shape index (κ1) is 18.2. The number of hydrogen-bond donors (Lipinski definition) is 4. The third kappa shape index (κ3) is 11.1. The van der Waals surface area contributed by atoms with Gasteiger partial charge in [-0.05, 0) is 25.9 Å². The molecule has 0 rings (SSSR count). The Morgan fingerprint density at radius 1 is 0.882 bits per heavy atom. The molecule has 0 spiro atoms. The van der Waals surface area contributed by atoms with Crippen molar-refractivity contribution in [2.75, 3.05) is 13.1 Å². The van der Waals surface area contributed by atoms with Crippen LogP contribution in [0.25, 0.3) is 0 Å². The molecule has 0 amide bonds. The molecule has 2 unspecified atom stereocenters. The Hall–Kier alpha value is -1.22. The van der Waals surface area contributed by atoms with Crippen LogP contribution in [0.1, 0.15) is 19.3 Å². The molecule has 0 heterocycles. The summed E-state index contributed by atoms with van der Waals surface area (Å²) >= 11 is 0. The lowest BCUT2D eigenvalue weighted by Crippen LogP contribution is -2.51. The van der Waals surface area contributed by atoms with Gasteiger partial charge in [-0.15, -0.1) is 0 Å². The number of hydrogen-bond acceptors (Lipinski definition) is 8. The molecule has 0 fully saturated rings. The minimum Gasteiger partial charge on any atom is -0.547 e. The summed E-state index contributed by atoms with van der Waals surface area (Å²) in [7, 11) is 0. The van der Waals surface area contributed by atoms with Crippen LogP contribution in [0, 0.1) is 0 Å². The largest absolute Gasteiger partial charge is 0.547 e. The van der Waals surface area contributed by atoms with E-state index in [9.17, 15) is 19.8 Å². The zero-order valence-corrected chi connectivity index (χ0v) is 9.37. The zero-order valence-electron chi connectivity index (χ0n) is 9.37. The highest BCUT2D eigenvalue weighted by Gasteiger charge is 2.17. The zero-order chi connectivity index (χ0) is 13.8. The molecule has 8 heteroatoms. The summed E-state index contributed by atoms with van der Waals surface area (Å²) in [6.45, 7) is 1.61. The molecule has 102 valence electrons. The first-order valence-corrected chi connectivity index (χ1v) is 5.06. The summed E-state index contributed by atoms with van der Waals surface area (Å²) < 4.78 is 0. The number of rotatable bonds is 7. The van der Waals surface area contributed by atoms with Crippen molar-refractivity contribution in [3.05, 3.63) is 0 Å². The van der Waals surface area contributed by atoms with Crippen LogP contribution in [0.5, 0.6) is 0 Å². The van der Waals surface area contributed by atoms with Crippen molar-refractivity contribution in [1.29, 1.82) is 0 Å². The van der Waals surface area contributed by atoms with Gasteiger partial charge in [0.15, 0.2) is 0 Å². The van der Waals surface area contributed by atoms with E-state index in [4.69, 9.17) is 21.7 Å². The van der Waals surface area contributed by atoms with E-state index in [0.717, 1.165) is 25.9 Å². The van der Waals surface area contributed by atoms with Gasteiger partial charge in [0, 0.05) is 0 Å². The van der Waals surface area contributed by atoms with E-state index in [-0.39, 0.29) is 0 Å². The molecule has 0 saturated heterocycles. The Morgan fingerprint density at radius 2 is 1.18 bits per heavy atom. The fraction of sp³-hybridized carbons (Fsp3) is 0.778. The van der Waals surface area contributed by atoms with Crippen molar-refractivity contribution < 1.29 is 30.0 Å². The standard InChI is InChI=1S/C5H14N2.C4H6O6/c6-4-2-1-3-5-7;5-1(3(7)8)2(6)4(9)10/h1-7H2;1-2,5-6H,(H,7,8)(H,9,10)/p-2. The maximum Gasteiger partial charge on any atom is 0.124 e. The van der Waals surface area contributed by atoms with E-state index in [2.05, 4.69) is 0 Å². The second-order valence-electron chi connectivity index (χ2n) is 3.17. The van der Waals surface area contributed by atoms with Gasteiger partial charge in [-0.25, -0.2) is 0 Å². The molecule has 0 aliphatic carbocycles. The van der Waals surface area contributed by atoms with E-state index in [1.54, 1.807) is 0 Å². The lowest BCUT2D eigenvalue weighted by molar-refractivity contribution is -0.333. The minimum absolute atomic E-state index is 0.806. The van der Waals surface area contributed by atoms with E-state index < -0.39 is 24.1 Å². The first-order valence-electron chi connectivity index (χ1n) is 5.06. The highest BCUT2D eigenvalue weighted by Crippen LogP contribution is 1.89. The summed E-state index contributed by atoms with van der Waals surface area (Å²) in [6.07, 6.45) is -1.45. The van der Waals surface area contributed by atoms with Gasteiger partial charge >= 0.3 is 0 Å². The number of carbonyl (C=O) groups excluding carboxylic acids is 2. The molecule has 0 saturated carbocycles. The van der Waals surface area contributed by atoms with Crippen molar-refractivity contribution >= 4 is 11.9 Å². The van der Waals surface area contributed by atoms with Crippen molar-refractivity contribution in [3.63, 3.8) is 0 Å². The summed E-state index contributed by atoms with van der Waals surface area (Å²) in [5.41, 5.74) is 10.5. The number of aliphatic carboxylic acids is 2. The smallest absolute Gasteiger partial charge is 0.124 e. The average Bonchev–Trinajstić information content (AvgIpc) is 2.28. The molecule has 0 aliphatic rings. The van der Waals surface area contributed by atoms with Crippen molar-refractivity contribution in [2.24, 2.45) is 11.5 Å². The van der Waals surface area contributed by atoms with E-state index >= 15 is 0 Å². The van der Waals surface area contributed by atoms with Gasteiger partial charge in [0.2, 0.25) is 0 Å². The number of carbonyl (C=O) groups is 2. The average molecular weight is 250 g/mol. The Labute approximate surface area is 98.8 Å². The molecule has 6 N–H and O–H groups in total. The molecule has 0 radical (unpaired) electrons. The van der Waals surface area contributed by atoms with Crippen LogP contribution in [-0.4, -0.2) is 47.4 Å². The number of carboxylic acid groups (broad SMARTS) is 2. The number of carboxylic acids is 2. The van der Waals surface area contributed by atoms with Crippen LogP contribution < -0.4 is 21.7 Å². The molecule has 0 aromatic carbocycles. The fourth-order valence-electron chi connectivity index (χ4n) is 0.723. The van der Waals surface area contributed by atoms with Crippen LogP contribution in [0.3, 0.4) is 0 Å². The van der Waals surface area contributed by atoms with Crippen LogP contribution in [0.2, 0.25) is 0 Å². The Bertz CT molecular complexity index is 202. The first-order chi connectivity index (χ1) is 7.88. The number of aliphatic hydroxyl groups excluding tert-OH is 2. The highest BCUT2D eigenvalue weighted by atomic mass is 16.4. The summed E-state index contributed by atoms with van der Waals surface area (Å²) in [5, 5.41) is 35.7. The van der Waals surface area contributed by atoms with E-state index in [1.807, 2.05) is 0 Å². The lowest BCUT2D eigenvalue weighted by atomic mass is 10.2. The van der Waals surface area contributed by atoms with Gasteiger partial charge in [0.05, 0.1) is 11.9 Å². The number of unbranched alkanes of at least 4 members (excludes halogenated alkanes) is 2. The molecular weight excluding hydrogens is 232 g/mol. The monoisotopic (exact) mass is 250 g/mol.